The second-order valence-corrected chi connectivity index (χ2v) is 7.75. The summed E-state index contributed by atoms with van der Waals surface area (Å²) < 4.78 is 0. The normalized spacial score (nSPS) is 17.2. The van der Waals surface area contributed by atoms with Gasteiger partial charge in [-0.2, -0.15) is 0 Å². The number of nitrogens with one attached hydrogen (secondary N) is 1. The summed E-state index contributed by atoms with van der Waals surface area (Å²) in [5, 5.41) is 13.2. The molecule has 0 aromatic heterocycles. The third kappa shape index (κ3) is 5.49. The molecule has 1 aliphatic heterocycles. The molecule has 3 rings (SSSR count). The number of benzene rings is 2. The van der Waals surface area contributed by atoms with Crippen LogP contribution in [0.1, 0.15) is 30.4 Å². The highest BCUT2D eigenvalue weighted by atomic mass is 35.5. The fourth-order valence-electron chi connectivity index (χ4n) is 3.60. The van der Waals surface area contributed by atoms with Crippen molar-refractivity contribution >= 4 is 23.4 Å². The lowest BCUT2D eigenvalue weighted by Gasteiger charge is -2.26. The number of phenols is 1. The summed E-state index contributed by atoms with van der Waals surface area (Å²) >= 11 is 5.94. The van der Waals surface area contributed by atoms with Crippen LogP contribution in [0.2, 0.25) is 5.02 Å². The van der Waals surface area contributed by atoms with Gasteiger partial charge in [-0.3, -0.25) is 9.59 Å². The minimum atomic E-state index is -0.638. The topological polar surface area (TPSA) is 95.7 Å². The van der Waals surface area contributed by atoms with Gasteiger partial charge in [0.25, 0.3) is 0 Å². The standard InChI is InChI=1S/C22H26ClN3O3/c23-17-9-11-20(27)16(13-17)14-25-21(28)19-7-4-12-26(19)22(29)18(24)10-8-15-5-2-1-3-6-15/h1-3,5-6,9,11,13,18-19,27H,4,7-8,10,12,14,24H2,(H,25,28)/t18-,19+/m1/s1. The molecule has 0 unspecified atom stereocenters. The molecule has 0 bridgehead atoms. The van der Waals surface area contributed by atoms with Crippen LogP contribution < -0.4 is 11.1 Å². The van der Waals surface area contributed by atoms with Crippen molar-refractivity contribution in [1.29, 1.82) is 0 Å². The van der Waals surface area contributed by atoms with Gasteiger partial charge >= 0.3 is 0 Å². The molecule has 1 saturated heterocycles. The average Bonchev–Trinajstić information content (AvgIpc) is 3.22. The number of phenolic OH excluding ortho intramolecular Hbond substituents is 1. The summed E-state index contributed by atoms with van der Waals surface area (Å²) in [7, 11) is 0. The molecule has 7 heteroatoms. The second kappa shape index (κ2) is 9.76. The maximum atomic E-state index is 12.8. The molecular formula is C22H26ClN3O3. The number of likely N-dealkylation sites (tertiary alicyclic amines) is 1. The van der Waals surface area contributed by atoms with Gasteiger partial charge in [0.2, 0.25) is 11.8 Å². The SMILES string of the molecule is N[C@H](CCc1ccccc1)C(=O)N1CCC[C@H]1C(=O)NCc1cc(Cl)ccc1O. The van der Waals surface area contributed by atoms with Crippen LogP contribution in [0.15, 0.2) is 48.5 Å². The monoisotopic (exact) mass is 415 g/mol. The molecule has 2 atom stereocenters. The number of amides is 2. The van der Waals surface area contributed by atoms with Crippen molar-refractivity contribution < 1.29 is 14.7 Å². The van der Waals surface area contributed by atoms with Gasteiger partial charge in [-0.05, 0) is 49.4 Å². The van der Waals surface area contributed by atoms with Crippen molar-refractivity contribution in [2.45, 2.75) is 44.3 Å². The van der Waals surface area contributed by atoms with Crippen molar-refractivity contribution in [1.82, 2.24) is 10.2 Å². The quantitative estimate of drug-likeness (QED) is 0.647. The molecule has 1 fully saturated rings. The lowest BCUT2D eigenvalue weighted by Crippen LogP contribution is -2.51. The number of nitrogens with zero attached hydrogens (tertiary/aromatic N) is 1. The number of aromatic hydroxyl groups is 1. The van der Waals surface area contributed by atoms with Gasteiger partial charge < -0.3 is 21.1 Å². The summed E-state index contributed by atoms with van der Waals surface area (Å²) in [6.07, 6.45) is 2.61. The minimum absolute atomic E-state index is 0.0667. The minimum Gasteiger partial charge on any atom is -0.508 e. The molecule has 6 nitrogen and oxygen atoms in total. The van der Waals surface area contributed by atoms with Crippen molar-refractivity contribution in [3.63, 3.8) is 0 Å². The lowest BCUT2D eigenvalue weighted by molar-refractivity contribution is -0.139. The zero-order chi connectivity index (χ0) is 20.8. The first-order chi connectivity index (χ1) is 14.0. The van der Waals surface area contributed by atoms with Crippen LogP contribution in [0.4, 0.5) is 0 Å². The Balaban J connectivity index is 1.55. The second-order valence-electron chi connectivity index (χ2n) is 7.31. The smallest absolute Gasteiger partial charge is 0.243 e. The van der Waals surface area contributed by atoms with Gasteiger partial charge in [0.05, 0.1) is 6.04 Å². The summed E-state index contributed by atoms with van der Waals surface area (Å²) in [5.74, 6) is -0.369. The number of hydrogen-bond acceptors (Lipinski definition) is 4. The van der Waals surface area contributed by atoms with Crippen molar-refractivity contribution in [3.05, 3.63) is 64.7 Å². The van der Waals surface area contributed by atoms with E-state index in [1.165, 1.54) is 6.07 Å². The average molecular weight is 416 g/mol. The van der Waals surface area contributed by atoms with E-state index in [2.05, 4.69) is 5.32 Å². The molecule has 0 spiro atoms. The highest BCUT2D eigenvalue weighted by molar-refractivity contribution is 6.30. The van der Waals surface area contributed by atoms with E-state index in [9.17, 15) is 14.7 Å². The van der Waals surface area contributed by atoms with Gasteiger partial charge in [-0.15, -0.1) is 0 Å². The van der Waals surface area contributed by atoms with Crippen LogP contribution in [0, 0.1) is 0 Å². The first-order valence-electron chi connectivity index (χ1n) is 9.81. The first-order valence-corrected chi connectivity index (χ1v) is 10.2. The van der Waals surface area contributed by atoms with Crippen molar-refractivity contribution in [3.8, 4) is 5.75 Å². The Morgan fingerprint density at radius 2 is 2.00 bits per heavy atom. The van der Waals surface area contributed by atoms with Gasteiger partial charge in [-0.25, -0.2) is 0 Å². The van der Waals surface area contributed by atoms with E-state index in [0.717, 1.165) is 12.0 Å². The van der Waals surface area contributed by atoms with Crippen LogP contribution in [-0.2, 0) is 22.6 Å². The highest BCUT2D eigenvalue weighted by Gasteiger charge is 2.35. The zero-order valence-electron chi connectivity index (χ0n) is 16.2. The van der Waals surface area contributed by atoms with Crippen molar-refractivity contribution in [2.75, 3.05) is 6.54 Å². The predicted octanol–water partition coefficient (Wildman–Crippen LogP) is 2.61. The van der Waals surface area contributed by atoms with Crippen LogP contribution >= 0.6 is 11.6 Å². The van der Waals surface area contributed by atoms with E-state index >= 15 is 0 Å². The molecule has 2 aromatic rings. The number of halogens is 1. The zero-order valence-corrected chi connectivity index (χ0v) is 16.9. The Hall–Kier alpha value is -2.57. The van der Waals surface area contributed by atoms with Gasteiger partial charge in [0, 0.05) is 23.7 Å². The molecular weight excluding hydrogens is 390 g/mol. The van der Waals surface area contributed by atoms with E-state index in [1.54, 1.807) is 17.0 Å². The molecule has 29 heavy (non-hydrogen) atoms. The first kappa shape index (κ1) is 21.1. The molecule has 0 aliphatic carbocycles. The molecule has 1 aliphatic rings. The van der Waals surface area contributed by atoms with Crippen LogP contribution in [-0.4, -0.2) is 40.4 Å². The number of rotatable bonds is 7. The molecule has 0 radical (unpaired) electrons. The molecule has 1 heterocycles. The Bertz CT molecular complexity index is 860. The number of hydrogen-bond donors (Lipinski definition) is 3. The maximum Gasteiger partial charge on any atom is 0.243 e. The largest absolute Gasteiger partial charge is 0.508 e. The summed E-state index contributed by atoms with van der Waals surface area (Å²) in [4.78, 5) is 27.1. The van der Waals surface area contributed by atoms with Gasteiger partial charge in [0.15, 0.2) is 0 Å². The Morgan fingerprint density at radius 1 is 1.24 bits per heavy atom. The van der Waals surface area contributed by atoms with E-state index in [1.807, 2.05) is 30.3 Å². The van der Waals surface area contributed by atoms with Crippen LogP contribution in [0.5, 0.6) is 5.75 Å². The lowest BCUT2D eigenvalue weighted by atomic mass is 10.0. The Labute approximate surface area is 175 Å². The predicted molar refractivity (Wildman–Crippen MR) is 112 cm³/mol. The van der Waals surface area contributed by atoms with E-state index < -0.39 is 12.1 Å². The van der Waals surface area contributed by atoms with E-state index in [4.69, 9.17) is 17.3 Å². The molecule has 0 saturated carbocycles. The summed E-state index contributed by atoms with van der Waals surface area (Å²) in [6, 6.07) is 13.4. The summed E-state index contributed by atoms with van der Waals surface area (Å²) in [5.41, 5.74) is 7.80. The fraction of sp³-hybridized carbons (Fsp3) is 0.364. The third-order valence-electron chi connectivity index (χ3n) is 5.24. The van der Waals surface area contributed by atoms with E-state index in [0.29, 0.717) is 36.4 Å². The number of nitrogens with two attached hydrogens (primary N) is 1. The van der Waals surface area contributed by atoms with Gasteiger partial charge in [-0.1, -0.05) is 41.9 Å². The number of carbonyl (C=O) groups is 2. The molecule has 2 amide bonds. The van der Waals surface area contributed by atoms with Crippen LogP contribution in [0.25, 0.3) is 0 Å². The summed E-state index contributed by atoms with van der Waals surface area (Å²) in [6.45, 7) is 0.669. The van der Waals surface area contributed by atoms with Gasteiger partial charge in [0.1, 0.15) is 11.8 Å². The van der Waals surface area contributed by atoms with Crippen molar-refractivity contribution in [2.24, 2.45) is 5.73 Å². The Morgan fingerprint density at radius 3 is 2.76 bits per heavy atom. The number of carbonyl (C=O) groups excluding carboxylic acids is 2. The van der Waals surface area contributed by atoms with Crippen LogP contribution in [0.3, 0.4) is 0 Å². The highest BCUT2D eigenvalue weighted by Crippen LogP contribution is 2.22. The maximum absolute atomic E-state index is 12.8. The molecule has 154 valence electrons. The number of aryl methyl sites for hydroxylation is 1. The molecule has 2 aromatic carbocycles. The Kier molecular flexibility index (Phi) is 7.12. The van der Waals surface area contributed by atoms with E-state index in [-0.39, 0.29) is 24.1 Å². The molecule has 4 N–H and O–H groups in total. The fourth-order valence-corrected chi connectivity index (χ4v) is 3.80. The third-order valence-corrected chi connectivity index (χ3v) is 5.47.